The van der Waals surface area contributed by atoms with Crippen molar-refractivity contribution < 1.29 is 0 Å². The Labute approximate surface area is 116 Å². The highest BCUT2D eigenvalue weighted by atomic mass is 79.9. The predicted octanol–water partition coefficient (Wildman–Crippen LogP) is 5.20. The summed E-state index contributed by atoms with van der Waals surface area (Å²) in [4.78, 5) is 0. The van der Waals surface area contributed by atoms with E-state index in [1.54, 1.807) is 0 Å². The first-order valence-electron chi connectivity index (χ1n) is 6.73. The Bertz CT molecular complexity index is 284. The quantitative estimate of drug-likeness (QED) is 0.417. The molecule has 3 rings (SSSR count). The van der Waals surface area contributed by atoms with Crippen LogP contribution in [-0.4, -0.2) is 8.65 Å². The summed E-state index contributed by atoms with van der Waals surface area (Å²) in [5.41, 5.74) is 0. The summed E-state index contributed by atoms with van der Waals surface area (Å²) in [6.07, 6.45) is 16.2. The molecule has 0 N–H and O–H groups in total. The average Bonchev–Trinajstić information content (AvgIpc) is 2.85. The van der Waals surface area contributed by atoms with Crippen LogP contribution in [0.1, 0.15) is 51.4 Å². The fourth-order valence-corrected chi connectivity index (χ4v) is 6.30. The number of halogens is 2. The van der Waals surface area contributed by atoms with Gasteiger partial charge in [0.2, 0.25) is 0 Å². The number of allylic oxidation sites excluding steroid dienone is 2. The first-order chi connectivity index (χ1) is 7.67. The van der Waals surface area contributed by atoms with Crippen LogP contribution in [-0.2, 0) is 0 Å². The molecule has 0 radical (unpaired) electrons. The third kappa shape index (κ3) is 1.67. The van der Waals surface area contributed by atoms with Crippen molar-refractivity contribution in [1.82, 2.24) is 0 Å². The van der Waals surface area contributed by atoms with Crippen LogP contribution in [0.4, 0.5) is 0 Å². The van der Waals surface area contributed by atoms with Crippen molar-refractivity contribution in [2.45, 2.75) is 60.0 Å². The standard InChI is InChI=1S/C14H20Br2/c15-13-10-14(13,16)12-7-5-3-1-2-4-6-11(13)8-9-12/h8-9,11-12H,1-7,10H2/t11-,12-,13?,14?/m0/s1. The molecule has 90 valence electrons. The van der Waals surface area contributed by atoms with Gasteiger partial charge in [-0.05, 0) is 31.1 Å². The van der Waals surface area contributed by atoms with Crippen LogP contribution < -0.4 is 0 Å². The maximum absolute atomic E-state index is 4.05. The highest BCUT2D eigenvalue weighted by Crippen LogP contribution is 2.71. The van der Waals surface area contributed by atoms with E-state index in [-0.39, 0.29) is 0 Å². The molecular weight excluding hydrogens is 328 g/mol. The van der Waals surface area contributed by atoms with Crippen molar-refractivity contribution in [3.63, 3.8) is 0 Å². The van der Waals surface area contributed by atoms with E-state index in [2.05, 4.69) is 44.0 Å². The molecule has 0 spiro atoms. The summed E-state index contributed by atoms with van der Waals surface area (Å²) in [6, 6.07) is 0. The van der Waals surface area contributed by atoms with E-state index in [9.17, 15) is 0 Å². The maximum Gasteiger partial charge on any atom is 0.0493 e. The molecule has 0 saturated heterocycles. The Morgan fingerprint density at radius 2 is 1.19 bits per heavy atom. The van der Waals surface area contributed by atoms with E-state index in [0.29, 0.717) is 8.65 Å². The Kier molecular flexibility index (Phi) is 3.03. The fourth-order valence-electron chi connectivity index (χ4n) is 3.69. The molecular formula is C14H20Br2. The lowest BCUT2D eigenvalue weighted by Gasteiger charge is -2.32. The molecule has 1 saturated carbocycles. The maximum atomic E-state index is 4.05. The normalized spacial score (nSPS) is 51.9. The van der Waals surface area contributed by atoms with Gasteiger partial charge in [0.05, 0.1) is 0 Å². The van der Waals surface area contributed by atoms with Crippen molar-refractivity contribution in [3.05, 3.63) is 12.2 Å². The van der Waals surface area contributed by atoms with Crippen molar-refractivity contribution in [1.29, 1.82) is 0 Å². The molecule has 1 fully saturated rings. The monoisotopic (exact) mass is 346 g/mol. The van der Waals surface area contributed by atoms with Crippen molar-refractivity contribution >= 4 is 31.9 Å². The van der Waals surface area contributed by atoms with Gasteiger partial charge in [-0.1, -0.05) is 76.1 Å². The molecule has 0 aliphatic heterocycles. The average molecular weight is 348 g/mol. The van der Waals surface area contributed by atoms with Gasteiger partial charge in [-0.2, -0.15) is 0 Å². The number of hydrogen-bond donors (Lipinski definition) is 0. The summed E-state index contributed by atoms with van der Waals surface area (Å²) in [5, 5.41) is 0. The van der Waals surface area contributed by atoms with E-state index in [1.165, 1.54) is 51.4 Å². The molecule has 0 heterocycles. The molecule has 2 bridgehead atoms. The van der Waals surface area contributed by atoms with Gasteiger partial charge in [-0.25, -0.2) is 0 Å². The summed E-state index contributed by atoms with van der Waals surface area (Å²) in [5.74, 6) is 1.53. The molecule has 2 unspecified atom stereocenters. The first-order valence-corrected chi connectivity index (χ1v) is 8.31. The zero-order chi connectivity index (χ0) is 11.2. The van der Waals surface area contributed by atoms with Crippen LogP contribution in [0, 0.1) is 11.8 Å². The topological polar surface area (TPSA) is 0 Å². The van der Waals surface area contributed by atoms with Gasteiger partial charge in [-0.15, -0.1) is 0 Å². The van der Waals surface area contributed by atoms with E-state index in [4.69, 9.17) is 0 Å². The summed E-state index contributed by atoms with van der Waals surface area (Å²) in [7, 11) is 0. The molecule has 3 aliphatic rings. The number of fused-ring (bicyclic) bond motifs is 5. The first kappa shape index (κ1) is 11.8. The van der Waals surface area contributed by atoms with Crippen LogP contribution >= 0.6 is 31.9 Å². The van der Waals surface area contributed by atoms with Gasteiger partial charge in [0, 0.05) is 8.65 Å². The lowest BCUT2D eigenvalue weighted by atomic mass is 9.84. The van der Waals surface area contributed by atoms with E-state index in [0.717, 1.165) is 11.8 Å². The van der Waals surface area contributed by atoms with Crippen molar-refractivity contribution in [2.75, 3.05) is 0 Å². The molecule has 0 aromatic carbocycles. The van der Waals surface area contributed by atoms with Gasteiger partial charge in [0.1, 0.15) is 0 Å². The van der Waals surface area contributed by atoms with Gasteiger partial charge in [0.15, 0.2) is 0 Å². The second-order valence-electron chi connectivity index (χ2n) is 5.84. The van der Waals surface area contributed by atoms with Gasteiger partial charge in [0.25, 0.3) is 0 Å². The Morgan fingerprint density at radius 3 is 1.69 bits per heavy atom. The van der Waals surface area contributed by atoms with Gasteiger partial charge >= 0.3 is 0 Å². The van der Waals surface area contributed by atoms with Crippen LogP contribution in [0.25, 0.3) is 0 Å². The van der Waals surface area contributed by atoms with Crippen LogP contribution in [0.3, 0.4) is 0 Å². The fraction of sp³-hybridized carbons (Fsp3) is 0.857. The van der Waals surface area contributed by atoms with Gasteiger partial charge in [-0.3, -0.25) is 0 Å². The van der Waals surface area contributed by atoms with Crippen molar-refractivity contribution in [2.24, 2.45) is 11.8 Å². The third-order valence-electron chi connectivity index (χ3n) is 4.86. The SMILES string of the molecule is BrC12CC1(Br)[C@@H]1C=C[C@@H]2CCCCCCC1. The molecule has 0 amide bonds. The number of alkyl halides is 2. The Morgan fingerprint density at radius 1 is 0.750 bits per heavy atom. The Balaban J connectivity index is 1.85. The Hall–Kier alpha value is 0.700. The molecule has 0 nitrogen and oxygen atoms in total. The number of rotatable bonds is 0. The molecule has 4 atom stereocenters. The highest BCUT2D eigenvalue weighted by Gasteiger charge is 2.71. The largest absolute Gasteiger partial charge is 0.0836 e. The summed E-state index contributed by atoms with van der Waals surface area (Å²) >= 11 is 8.10. The van der Waals surface area contributed by atoms with E-state index >= 15 is 0 Å². The molecule has 0 aromatic rings. The summed E-state index contributed by atoms with van der Waals surface area (Å²) < 4.78 is 0.785. The molecule has 0 aromatic heterocycles. The summed E-state index contributed by atoms with van der Waals surface area (Å²) in [6.45, 7) is 0. The number of hydrogen-bond acceptors (Lipinski definition) is 0. The second-order valence-corrected chi connectivity index (χ2v) is 8.67. The van der Waals surface area contributed by atoms with Crippen LogP contribution in [0.15, 0.2) is 12.2 Å². The van der Waals surface area contributed by atoms with Gasteiger partial charge < -0.3 is 0 Å². The molecule has 16 heavy (non-hydrogen) atoms. The minimum atomic E-state index is 0.393. The molecule has 3 aliphatic carbocycles. The van der Waals surface area contributed by atoms with Crippen molar-refractivity contribution in [3.8, 4) is 0 Å². The predicted molar refractivity (Wildman–Crippen MR) is 76.4 cm³/mol. The van der Waals surface area contributed by atoms with Crippen LogP contribution in [0.2, 0.25) is 0 Å². The third-order valence-corrected chi connectivity index (χ3v) is 8.55. The zero-order valence-corrected chi connectivity index (χ0v) is 12.9. The second kappa shape index (κ2) is 4.12. The lowest BCUT2D eigenvalue weighted by molar-refractivity contribution is 0.448. The highest BCUT2D eigenvalue weighted by molar-refractivity contribution is 9.13. The minimum absolute atomic E-state index is 0.393. The van der Waals surface area contributed by atoms with E-state index < -0.39 is 0 Å². The zero-order valence-electron chi connectivity index (χ0n) is 9.72. The smallest absolute Gasteiger partial charge is 0.0493 e. The lowest BCUT2D eigenvalue weighted by Crippen LogP contribution is -2.32. The minimum Gasteiger partial charge on any atom is -0.0836 e. The molecule has 2 heteroatoms. The van der Waals surface area contributed by atoms with Crippen LogP contribution in [0.5, 0.6) is 0 Å². The van der Waals surface area contributed by atoms with E-state index in [1.807, 2.05) is 0 Å².